The third-order valence-electron chi connectivity index (χ3n) is 3.10. The summed E-state index contributed by atoms with van der Waals surface area (Å²) >= 11 is 5.79. The molecule has 0 heterocycles. The second kappa shape index (κ2) is 7.11. The Morgan fingerprint density at radius 3 is 2.70 bits per heavy atom. The Balaban J connectivity index is 2.17. The Labute approximate surface area is 137 Å². The molecule has 2 rings (SSSR count). The molecule has 0 fully saturated rings. The number of carbonyl (C=O) groups is 1. The zero-order valence-electron chi connectivity index (χ0n) is 12.4. The summed E-state index contributed by atoms with van der Waals surface area (Å²) in [7, 11) is 1.37. The Hall–Kier alpha value is -2.60. The number of benzene rings is 2. The maximum absolute atomic E-state index is 13.7. The monoisotopic (exact) mass is 336 g/mol. The molecule has 23 heavy (non-hydrogen) atoms. The molecule has 0 saturated carbocycles. The minimum atomic E-state index is -0.627. The highest BCUT2D eigenvalue weighted by atomic mass is 35.5. The van der Waals surface area contributed by atoms with Crippen molar-refractivity contribution in [3.8, 4) is 11.5 Å². The van der Waals surface area contributed by atoms with E-state index >= 15 is 0 Å². The third-order valence-corrected chi connectivity index (χ3v) is 3.33. The maximum atomic E-state index is 13.7. The highest BCUT2D eigenvalue weighted by Gasteiger charge is 2.12. The van der Waals surface area contributed by atoms with Gasteiger partial charge >= 0.3 is 0 Å². The predicted octanol–water partition coefficient (Wildman–Crippen LogP) is 3.35. The summed E-state index contributed by atoms with van der Waals surface area (Å²) in [4.78, 5) is 12.0. The number of amides is 1. The lowest BCUT2D eigenvalue weighted by atomic mass is 10.1. The standard InChI is InChI=1S/C16H14ClFN2O3/c1-9(10-3-6-15(23-2)13(18)7-10)19-20-16(22)12-8-11(17)4-5-14(12)21/h3-8,21H,1-2H3,(H,20,22)/b19-9-. The second-order valence-corrected chi connectivity index (χ2v) is 5.09. The van der Waals surface area contributed by atoms with Crippen molar-refractivity contribution in [2.45, 2.75) is 6.92 Å². The lowest BCUT2D eigenvalue weighted by molar-refractivity contribution is 0.0952. The van der Waals surface area contributed by atoms with E-state index in [-0.39, 0.29) is 17.1 Å². The topological polar surface area (TPSA) is 70.9 Å². The van der Waals surface area contributed by atoms with Crippen LogP contribution in [0.1, 0.15) is 22.8 Å². The molecule has 0 bridgehead atoms. The van der Waals surface area contributed by atoms with Crippen LogP contribution in [0.15, 0.2) is 41.5 Å². The van der Waals surface area contributed by atoms with Crippen LogP contribution in [0.2, 0.25) is 5.02 Å². The zero-order chi connectivity index (χ0) is 17.0. The van der Waals surface area contributed by atoms with Crippen molar-refractivity contribution >= 4 is 23.2 Å². The molecule has 0 spiro atoms. The van der Waals surface area contributed by atoms with Crippen LogP contribution in [0.3, 0.4) is 0 Å². The van der Waals surface area contributed by atoms with Crippen LogP contribution in [0.25, 0.3) is 0 Å². The van der Waals surface area contributed by atoms with Crippen molar-refractivity contribution in [1.29, 1.82) is 0 Å². The minimum absolute atomic E-state index is 0.00467. The van der Waals surface area contributed by atoms with Crippen LogP contribution in [-0.2, 0) is 0 Å². The van der Waals surface area contributed by atoms with Gasteiger partial charge in [-0.15, -0.1) is 0 Å². The number of phenols is 1. The number of phenolic OH excluding ortho intramolecular Hbond substituents is 1. The van der Waals surface area contributed by atoms with Gasteiger partial charge in [0.15, 0.2) is 11.6 Å². The number of methoxy groups -OCH3 is 1. The highest BCUT2D eigenvalue weighted by Crippen LogP contribution is 2.21. The summed E-state index contributed by atoms with van der Waals surface area (Å²) in [6.07, 6.45) is 0. The molecule has 120 valence electrons. The first-order chi connectivity index (χ1) is 10.9. The molecule has 0 atom stereocenters. The molecule has 0 aliphatic rings. The van der Waals surface area contributed by atoms with Crippen LogP contribution in [-0.4, -0.2) is 23.8 Å². The number of ether oxygens (including phenoxy) is 1. The van der Waals surface area contributed by atoms with Gasteiger partial charge < -0.3 is 9.84 Å². The molecule has 0 radical (unpaired) electrons. The van der Waals surface area contributed by atoms with E-state index in [1.54, 1.807) is 13.0 Å². The molecule has 0 unspecified atom stereocenters. The summed E-state index contributed by atoms with van der Waals surface area (Å²) in [6, 6.07) is 8.43. The quantitative estimate of drug-likeness (QED) is 0.664. The van der Waals surface area contributed by atoms with Crippen molar-refractivity contribution in [3.63, 3.8) is 0 Å². The molecule has 0 aromatic heterocycles. The molecule has 7 heteroatoms. The second-order valence-electron chi connectivity index (χ2n) is 4.65. The number of hydrogen-bond acceptors (Lipinski definition) is 4. The number of hydrogen-bond donors (Lipinski definition) is 2. The molecule has 1 amide bonds. The van der Waals surface area contributed by atoms with Crippen molar-refractivity contribution in [1.82, 2.24) is 5.43 Å². The maximum Gasteiger partial charge on any atom is 0.275 e. The molecule has 2 aromatic rings. The van der Waals surface area contributed by atoms with Crippen molar-refractivity contribution in [2.75, 3.05) is 7.11 Å². The SMILES string of the molecule is COc1ccc(/C(C)=N\NC(=O)c2cc(Cl)ccc2O)cc1F. The van der Waals surface area contributed by atoms with Crippen LogP contribution in [0, 0.1) is 5.82 Å². The number of halogens is 2. The predicted molar refractivity (Wildman–Crippen MR) is 85.7 cm³/mol. The minimum Gasteiger partial charge on any atom is -0.507 e. The van der Waals surface area contributed by atoms with E-state index in [0.29, 0.717) is 16.3 Å². The van der Waals surface area contributed by atoms with Crippen molar-refractivity contribution in [2.24, 2.45) is 5.10 Å². The number of rotatable bonds is 4. The average molecular weight is 337 g/mol. The van der Waals surface area contributed by atoms with Crippen molar-refractivity contribution in [3.05, 3.63) is 58.4 Å². The molecule has 5 nitrogen and oxygen atoms in total. The van der Waals surface area contributed by atoms with Gasteiger partial charge in [-0.1, -0.05) is 11.6 Å². The van der Waals surface area contributed by atoms with Crippen LogP contribution in [0.4, 0.5) is 4.39 Å². The zero-order valence-corrected chi connectivity index (χ0v) is 13.2. The molecule has 2 N–H and O–H groups in total. The first kappa shape index (κ1) is 16.8. The van der Waals surface area contributed by atoms with Crippen LogP contribution in [0.5, 0.6) is 11.5 Å². The van der Waals surface area contributed by atoms with Gasteiger partial charge in [-0.2, -0.15) is 5.10 Å². The normalized spacial score (nSPS) is 11.2. The first-order valence-corrected chi connectivity index (χ1v) is 6.97. The van der Waals surface area contributed by atoms with Gasteiger partial charge in [0.1, 0.15) is 5.75 Å². The average Bonchev–Trinajstić information content (AvgIpc) is 2.54. The van der Waals surface area contributed by atoms with Gasteiger partial charge in [0.05, 0.1) is 18.4 Å². The number of hydrazone groups is 1. The molecule has 0 aliphatic heterocycles. The van der Waals surface area contributed by atoms with Gasteiger partial charge in [-0.3, -0.25) is 4.79 Å². The highest BCUT2D eigenvalue weighted by molar-refractivity contribution is 6.31. The Morgan fingerprint density at radius 1 is 1.30 bits per heavy atom. The molecular weight excluding hydrogens is 323 g/mol. The summed E-state index contributed by atoms with van der Waals surface area (Å²) < 4.78 is 18.5. The lowest BCUT2D eigenvalue weighted by Crippen LogP contribution is -2.19. The Kier molecular flexibility index (Phi) is 5.18. The molecule has 2 aromatic carbocycles. The van der Waals surface area contributed by atoms with Gasteiger partial charge in [-0.05, 0) is 43.3 Å². The largest absolute Gasteiger partial charge is 0.507 e. The van der Waals surface area contributed by atoms with E-state index in [9.17, 15) is 14.3 Å². The number of carbonyl (C=O) groups excluding carboxylic acids is 1. The van der Waals surface area contributed by atoms with Crippen LogP contribution < -0.4 is 10.2 Å². The van der Waals surface area contributed by atoms with Crippen molar-refractivity contribution < 1.29 is 19.0 Å². The van der Waals surface area contributed by atoms with Gasteiger partial charge in [0.25, 0.3) is 5.91 Å². The fraction of sp³-hybridized carbons (Fsp3) is 0.125. The number of nitrogens with zero attached hydrogens (tertiary/aromatic N) is 1. The van der Waals surface area contributed by atoms with E-state index in [1.807, 2.05) is 0 Å². The van der Waals surface area contributed by atoms with E-state index < -0.39 is 11.7 Å². The smallest absolute Gasteiger partial charge is 0.275 e. The summed E-state index contributed by atoms with van der Waals surface area (Å²) in [5, 5.41) is 13.9. The number of nitrogens with one attached hydrogen (secondary N) is 1. The summed E-state index contributed by atoms with van der Waals surface area (Å²) in [5.74, 6) is -1.25. The Bertz CT molecular complexity index is 778. The van der Waals surface area contributed by atoms with E-state index in [2.05, 4.69) is 10.5 Å². The third kappa shape index (κ3) is 3.98. The number of aromatic hydroxyl groups is 1. The summed E-state index contributed by atoms with van der Waals surface area (Å²) in [6.45, 7) is 1.61. The van der Waals surface area contributed by atoms with E-state index in [0.717, 1.165) is 0 Å². The fourth-order valence-corrected chi connectivity index (χ4v) is 2.01. The van der Waals surface area contributed by atoms with E-state index in [4.69, 9.17) is 16.3 Å². The Morgan fingerprint density at radius 2 is 2.04 bits per heavy atom. The van der Waals surface area contributed by atoms with E-state index in [1.165, 1.54) is 37.4 Å². The molecule has 0 saturated heterocycles. The lowest BCUT2D eigenvalue weighted by Gasteiger charge is -2.06. The first-order valence-electron chi connectivity index (χ1n) is 6.59. The molecule has 0 aliphatic carbocycles. The van der Waals surface area contributed by atoms with Gasteiger partial charge in [-0.25, -0.2) is 9.82 Å². The fourth-order valence-electron chi connectivity index (χ4n) is 1.84. The molecular formula is C16H14ClFN2O3. The van der Waals surface area contributed by atoms with Crippen LogP contribution >= 0.6 is 11.6 Å². The van der Waals surface area contributed by atoms with Gasteiger partial charge in [0, 0.05) is 10.6 Å². The van der Waals surface area contributed by atoms with Gasteiger partial charge in [0.2, 0.25) is 0 Å². The summed E-state index contributed by atoms with van der Waals surface area (Å²) in [5.41, 5.74) is 3.16.